The number of nitrogens with one attached hydrogen (secondary N) is 1. The Morgan fingerprint density at radius 1 is 1.14 bits per heavy atom. The summed E-state index contributed by atoms with van der Waals surface area (Å²) in [6, 6.07) is 17.4. The van der Waals surface area contributed by atoms with E-state index in [0.29, 0.717) is 11.8 Å². The quantitative estimate of drug-likeness (QED) is 0.332. The van der Waals surface area contributed by atoms with Crippen molar-refractivity contribution in [2.75, 3.05) is 12.4 Å². The molecule has 3 rings (SSSR count). The van der Waals surface area contributed by atoms with Gasteiger partial charge in [0.1, 0.15) is 5.75 Å². The van der Waals surface area contributed by atoms with Crippen LogP contribution in [0.25, 0.3) is 11.4 Å². The van der Waals surface area contributed by atoms with Gasteiger partial charge in [0, 0.05) is 12.1 Å². The molecule has 0 saturated carbocycles. The van der Waals surface area contributed by atoms with Gasteiger partial charge < -0.3 is 9.30 Å². The van der Waals surface area contributed by atoms with Crippen molar-refractivity contribution in [3.63, 3.8) is 0 Å². The Labute approximate surface area is 174 Å². The van der Waals surface area contributed by atoms with Crippen LogP contribution in [-0.2, 0) is 11.3 Å². The molecule has 0 radical (unpaired) electrons. The third-order valence-corrected chi connectivity index (χ3v) is 4.96. The third kappa shape index (κ3) is 5.68. The van der Waals surface area contributed by atoms with Crippen molar-refractivity contribution < 1.29 is 9.53 Å². The zero-order chi connectivity index (χ0) is 20.5. The molecule has 0 aliphatic heterocycles. The molecule has 0 saturated heterocycles. The minimum Gasteiger partial charge on any atom is -0.494 e. The van der Waals surface area contributed by atoms with E-state index in [1.807, 2.05) is 73.0 Å². The monoisotopic (exact) mass is 409 g/mol. The molecule has 1 N–H and O–H groups in total. The van der Waals surface area contributed by atoms with Crippen LogP contribution in [0.4, 0.5) is 0 Å². The molecule has 0 fully saturated rings. The largest absolute Gasteiger partial charge is 0.494 e. The highest BCUT2D eigenvalue weighted by molar-refractivity contribution is 7.99. The van der Waals surface area contributed by atoms with E-state index < -0.39 is 0 Å². The number of carbonyl (C=O) groups is 1. The smallest absolute Gasteiger partial charge is 0.250 e. The standard InChI is InChI=1S/C21H23N5O2S/c1-3-26-20(17-8-6-5-7-9-17)24-25-21(26)29-15-19(27)23-22-14-16-10-12-18(13-11-16)28-4-2/h5-14H,3-4,15H2,1-2H3,(H,23,27)/b22-14-. The fourth-order valence-corrected chi connectivity index (χ4v) is 3.43. The Kier molecular flexibility index (Phi) is 7.40. The van der Waals surface area contributed by atoms with Gasteiger partial charge in [-0.1, -0.05) is 42.1 Å². The number of hydrazone groups is 1. The van der Waals surface area contributed by atoms with Crippen molar-refractivity contribution in [3.05, 3.63) is 60.2 Å². The number of rotatable bonds is 9. The van der Waals surface area contributed by atoms with Crippen molar-refractivity contribution in [1.82, 2.24) is 20.2 Å². The number of hydrogen-bond donors (Lipinski definition) is 1. The molecule has 0 atom stereocenters. The Hall–Kier alpha value is -3.13. The molecule has 3 aromatic rings. The Morgan fingerprint density at radius 2 is 1.90 bits per heavy atom. The first-order valence-electron chi connectivity index (χ1n) is 9.37. The Morgan fingerprint density at radius 3 is 2.59 bits per heavy atom. The summed E-state index contributed by atoms with van der Waals surface area (Å²) < 4.78 is 7.39. The topological polar surface area (TPSA) is 81.4 Å². The lowest BCUT2D eigenvalue weighted by molar-refractivity contribution is -0.118. The molecule has 150 valence electrons. The number of amides is 1. The molecule has 8 heteroatoms. The van der Waals surface area contributed by atoms with E-state index in [1.165, 1.54) is 11.8 Å². The van der Waals surface area contributed by atoms with Gasteiger partial charge in [0.05, 0.1) is 18.6 Å². The summed E-state index contributed by atoms with van der Waals surface area (Å²) in [5, 5.41) is 13.2. The second-order valence-corrected chi connectivity index (χ2v) is 6.94. The van der Waals surface area contributed by atoms with Gasteiger partial charge in [0.25, 0.3) is 5.91 Å². The van der Waals surface area contributed by atoms with E-state index in [0.717, 1.165) is 29.2 Å². The normalized spacial score (nSPS) is 11.0. The number of aromatic nitrogens is 3. The molecule has 0 spiro atoms. The fraction of sp³-hybridized carbons (Fsp3) is 0.238. The maximum absolute atomic E-state index is 12.1. The van der Waals surface area contributed by atoms with Crippen LogP contribution in [0.1, 0.15) is 19.4 Å². The van der Waals surface area contributed by atoms with Gasteiger partial charge in [-0.25, -0.2) is 5.43 Å². The molecule has 0 bridgehead atoms. The number of benzene rings is 2. The maximum atomic E-state index is 12.1. The molecule has 0 unspecified atom stereocenters. The molecule has 1 amide bonds. The van der Waals surface area contributed by atoms with Gasteiger partial charge in [0.2, 0.25) is 0 Å². The molecular weight excluding hydrogens is 386 g/mol. The molecule has 1 heterocycles. The van der Waals surface area contributed by atoms with Gasteiger partial charge >= 0.3 is 0 Å². The van der Waals surface area contributed by atoms with Crippen molar-refractivity contribution >= 4 is 23.9 Å². The number of hydrogen-bond acceptors (Lipinski definition) is 6. The van der Waals surface area contributed by atoms with Crippen LogP contribution in [0.5, 0.6) is 5.75 Å². The van der Waals surface area contributed by atoms with E-state index in [9.17, 15) is 4.79 Å². The summed E-state index contributed by atoms with van der Waals surface area (Å²) in [4.78, 5) is 12.1. The van der Waals surface area contributed by atoms with Crippen molar-refractivity contribution in [1.29, 1.82) is 0 Å². The van der Waals surface area contributed by atoms with E-state index in [2.05, 4.69) is 20.7 Å². The molecule has 29 heavy (non-hydrogen) atoms. The highest BCUT2D eigenvalue weighted by Gasteiger charge is 2.14. The summed E-state index contributed by atoms with van der Waals surface area (Å²) >= 11 is 1.34. The first-order chi connectivity index (χ1) is 14.2. The maximum Gasteiger partial charge on any atom is 0.250 e. The first kappa shape index (κ1) is 20.6. The van der Waals surface area contributed by atoms with Crippen LogP contribution >= 0.6 is 11.8 Å². The van der Waals surface area contributed by atoms with Gasteiger partial charge in [-0.15, -0.1) is 10.2 Å². The average Bonchev–Trinajstić information content (AvgIpc) is 3.17. The summed E-state index contributed by atoms with van der Waals surface area (Å²) in [6.45, 7) is 5.31. The Balaban J connectivity index is 1.53. The van der Waals surface area contributed by atoms with Gasteiger partial charge in [-0.05, 0) is 43.7 Å². The number of thioether (sulfide) groups is 1. The molecule has 0 aliphatic carbocycles. The van der Waals surface area contributed by atoms with Gasteiger partial charge in [-0.3, -0.25) is 4.79 Å². The van der Waals surface area contributed by atoms with Gasteiger partial charge in [0.15, 0.2) is 11.0 Å². The summed E-state index contributed by atoms with van der Waals surface area (Å²) in [7, 11) is 0. The van der Waals surface area contributed by atoms with E-state index in [1.54, 1.807) is 6.21 Å². The van der Waals surface area contributed by atoms with Crippen molar-refractivity contribution in [3.8, 4) is 17.1 Å². The fourth-order valence-electron chi connectivity index (χ4n) is 2.64. The second-order valence-electron chi connectivity index (χ2n) is 6.00. The van der Waals surface area contributed by atoms with Crippen molar-refractivity contribution in [2.24, 2.45) is 5.10 Å². The minimum atomic E-state index is -0.205. The zero-order valence-corrected chi connectivity index (χ0v) is 17.2. The highest BCUT2D eigenvalue weighted by Crippen LogP contribution is 2.23. The van der Waals surface area contributed by atoms with Crippen LogP contribution in [0.2, 0.25) is 0 Å². The summed E-state index contributed by atoms with van der Waals surface area (Å²) in [5.74, 6) is 1.60. The lowest BCUT2D eigenvalue weighted by atomic mass is 10.2. The van der Waals surface area contributed by atoms with E-state index in [4.69, 9.17) is 4.74 Å². The van der Waals surface area contributed by atoms with Gasteiger partial charge in [-0.2, -0.15) is 5.10 Å². The Bertz CT molecular complexity index is 955. The zero-order valence-electron chi connectivity index (χ0n) is 16.4. The number of nitrogens with zero attached hydrogens (tertiary/aromatic N) is 4. The van der Waals surface area contributed by atoms with Crippen LogP contribution in [0.15, 0.2) is 64.9 Å². The molecular formula is C21H23N5O2S. The summed E-state index contributed by atoms with van der Waals surface area (Å²) in [6.07, 6.45) is 1.60. The predicted octanol–water partition coefficient (Wildman–Crippen LogP) is 3.61. The lowest BCUT2D eigenvalue weighted by Crippen LogP contribution is -2.20. The SMILES string of the molecule is CCOc1ccc(/C=N\NC(=O)CSc2nnc(-c3ccccc3)n2CC)cc1. The number of carbonyl (C=O) groups excluding carboxylic acids is 1. The third-order valence-electron chi connectivity index (χ3n) is 3.99. The van der Waals surface area contributed by atoms with Crippen LogP contribution in [0, 0.1) is 0 Å². The lowest BCUT2D eigenvalue weighted by Gasteiger charge is -2.06. The molecule has 2 aromatic carbocycles. The first-order valence-corrected chi connectivity index (χ1v) is 10.4. The summed E-state index contributed by atoms with van der Waals surface area (Å²) in [5.41, 5.74) is 4.41. The van der Waals surface area contributed by atoms with Crippen LogP contribution < -0.4 is 10.2 Å². The molecule has 1 aromatic heterocycles. The number of ether oxygens (including phenoxy) is 1. The van der Waals surface area contributed by atoms with Crippen LogP contribution in [0.3, 0.4) is 0 Å². The van der Waals surface area contributed by atoms with E-state index >= 15 is 0 Å². The van der Waals surface area contributed by atoms with Crippen LogP contribution in [-0.4, -0.2) is 39.2 Å². The highest BCUT2D eigenvalue weighted by atomic mass is 32.2. The average molecular weight is 410 g/mol. The van der Waals surface area contributed by atoms with Crippen molar-refractivity contribution in [2.45, 2.75) is 25.5 Å². The molecule has 0 aliphatic rings. The predicted molar refractivity (Wildman–Crippen MR) is 115 cm³/mol. The van der Waals surface area contributed by atoms with E-state index in [-0.39, 0.29) is 11.7 Å². The minimum absolute atomic E-state index is 0.202. The second kappa shape index (κ2) is 10.4. The molecule has 7 nitrogen and oxygen atoms in total.